The van der Waals surface area contributed by atoms with Crippen molar-refractivity contribution in [1.82, 2.24) is 5.32 Å². The summed E-state index contributed by atoms with van der Waals surface area (Å²) in [6.45, 7) is 8.07. The van der Waals surface area contributed by atoms with Crippen LogP contribution < -0.4 is 10.2 Å². The van der Waals surface area contributed by atoms with E-state index >= 15 is 0 Å². The standard InChI is InChI=1S/C15H22F2N2/c1-10(2)8-12-9-19(7-6-18-12)15-13(16)5-4-11(3)14(15)17/h4-5,10,12,18H,6-9H2,1-3H3. The Morgan fingerprint density at radius 2 is 2.11 bits per heavy atom. The summed E-state index contributed by atoms with van der Waals surface area (Å²) < 4.78 is 28.0. The monoisotopic (exact) mass is 268 g/mol. The zero-order chi connectivity index (χ0) is 14.0. The molecule has 0 aliphatic carbocycles. The molecule has 2 rings (SSSR count). The van der Waals surface area contributed by atoms with E-state index in [4.69, 9.17) is 0 Å². The van der Waals surface area contributed by atoms with Crippen LogP contribution in [0.15, 0.2) is 12.1 Å². The molecular formula is C15H22F2N2. The molecule has 0 aromatic heterocycles. The van der Waals surface area contributed by atoms with Gasteiger partial charge < -0.3 is 10.2 Å². The lowest BCUT2D eigenvalue weighted by Crippen LogP contribution is -2.51. The van der Waals surface area contributed by atoms with Gasteiger partial charge >= 0.3 is 0 Å². The first kappa shape index (κ1) is 14.3. The topological polar surface area (TPSA) is 15.3 Å². The predicted octanol–water partition coefficient (Wildman–Crippen LogP) is 3.10. The van der Waals surface area contributed by atoms with E-state index in [2.05, 4.69) is 19.2 Å². The van der Waals surface area contributed by atoms with E-state index in [1.54, 1.807) is 6.92 Å². The van der Waals surface area contributed by atoms with E-state index in [9.17, 15) is 8.78 Å². The maximum atomic E-state index is 14.1. The molecule has 1 fully saturated rings. The summed E-state index contributed by atoms with van der Waals surface area (Å²) in [5.74, 6) is -0.317. The van der Waals surface area contributed by atoms with Gasteiger partial charge in [0.2, 0.25) is 0 Å². The van der Waals surface area contributed by atoms with Crippen LogP contribution in [-0.4, -0.2) is 25.7 Å². The number of anilines is 1. The molecule has 1 unspecified atom stereocenters. The molecule has 0 amide bonds. The Hall–Kier alpha value is -1.16. The molecule has 2 nitrogen and oxygen atoms in total. The highest BCUT2D eigenvalue weighted by atomic mass is 19.1. The van der Waals surface area contributed by atoms with Crippen molar-refractivity contribution in [3.05, 3.63) is 29.3 Å². The van der Waals surface area contributed by atoms with E-state index in [0.717, 1.165) is 13.0 Å². The minimum absolute atomic E-state index is 0.134. The zero-order valence-electron chi connectivity index (χ0n) is 11.8. The van der Waals surface area contributed by atoms with Crippen LogP contribution in [0.1, 0.15) is 25.8 Å². The average molecular weight is 268 g/mol. The number of nitrogens with one attached hydrogen (secondary N) is 1. The van der Waals surface area contributed by atoms with Crippen molar-refractivity contribution in [2.24, 2.45) is 5.92 Å². The lowest BCUT2D eigenvalue weighted by atomic mass is 10.0. The maximum Gasteiger partial charge on any atom is 0.152 e. The van der Waals surface area contributed by atoms with Crippen LogP contribution in [0.3, 0.4) is 0 Å². The maximum absolute atomic E-state index is 14.1. The van der Waals surface area contributed by atoms with Gasteiger partial charge in [-0.2, -0.15) is 0 Å². The van der Waals surface area contributed by atoms with Crippen LogP contribution in [0.5, 0.6) is 0 Å². The average Bonchev–Trinajstić information content (AvgIpc) is 2.34. The molecule has 1 atom stereocenters. The minimum atomic E-state index is -0.465. The largest absolute Gasteiger partial charge is 0.364 e. The number of piperazine rings is 1. The molecule has 0 bridgehead atoms. The number of hydrogen-bond donors (Lipinski definition) is 1. The van der Waals surface area contributed by atoms with Crippen LogP contribution in [0.4, 0.5) is 14.5 Å². The van der Waals surface area contributed by atoms with Crippen LogP contribution >= 0.6 is 0 Å². The first-order chi connectivity index (χ1) is 8.99. The highest BCUT2D eigenvalue weighted by molar-refractivity contribution is 5.52. The van der Waals surface area contributed by atoms with E-state index in [0.29, 0.717) is 30.6 Å². The second kappa shape index (κ2) is 5.87. The van der Waals surface area contributed by atoms with Gasteiger partial charge in [0.05, 0.1) is 0 Å². The van der Waals surface area contributed by atoms with Gasteiger partial charge in [0.25, 0.3) is 0 Å². The minimum Gasteiger partial charge on any atom is -0.364 e. The molecule has 0 radical (unpaired) electrons. The van der Waals surface area contributed by atoms with Crippen molar-refractivity contribution in [1.29, 1.82) is 0 Å². The molecular weight excluding hydrogens is 246 g/mol. The van der Waals surface area contributed by atoms with Gasteiger partial charge in [-0.25, -0.2) is 8.78 Å². The SMILES string of the molecule is Cc1ccc(F)c(N2CCNC(CC(C)C)C2)c1F. The number of rotatable bonds is 3. The normalized spacial score (nSPS) is 20.1. The fourth-order valence-electron chi connectivity index (χ4n) is 2.69. The number of benzene rings is 1. The first-order valence-corrected chi connectivity index (χ1v) is 6.92. The van der Waals surface area contributed by atoms with Gasteiger partial charge in [0.1, 0.15) is 11.5 Å². The molecule has 106 valence electrons. The zero-order valence-corrected chi connectivity index (χ0v) is 11.8. The van der Waals surface area contributed by atoms with Crippen molar-refractivity contribution in [2.75, 3.05) is 24.5 Å². The Labute approximate surface area is 113 Å². The van der Waals surface area contributed by atoms with Gasteiger partial charge in [0, 0.05) is 25.7 Å². The van der Waals surface area contributed by atoms with Gasteiger partial charge in [-0.1, -0.05) is 19.9 Å². The smallest absolute Gasteiger partial charge is 0.152 e. The molecule has 1 heterocycles. The van der Waals surface area contributed by atoms with E-state index in [1.807, 2.05) is 4.90 Å². The molecule has 1 aromatic rings. The Balaban J connectivity index is 2.20. The van der Waals surface area contributed by atoms with E-state index < -0.39 is 11.6 Å². The molecule has 1 saturated heterocycles. The van der Waals surface area contributed by atoms with Crippen LogP contribution in [0.25, 0.3) is 0 Å². The second-order valence-corrected chi connectivity index (χ2v) is 5.75. The van der Waals surface area contributed by atoms with Crippen molar-refractivity contribution in [2.45, 2.75) is 33.2 Å². The molecule has 0 saturated carbocycles. The predicted molar refractivity (Wildman–Crippen MR) is 74.6 cm³/mol. The summed E-state index contributed by atoms with van der Waals surface area (Å²) in [5.41, 5.74) is 0.630. The lowest BCUT2D eigenvalue weighted by molar-refractivity contribution is 0.383. The third-order valence-corrected chi connectivity index (χ3v) is 3.59. The number of halogens is 2. The van der Waals surface area contributed by atoms with Gasteiger partial charge in [-0.05, 0) is 30.9 Å². The summed E-state index contributed by atoms with van der Waals surface area (Å²) in [6.07, 6.45) is 1.02. The van der Waals surface area contributed by atoms with E-state index in [1.165, 1.54) is 12.1 Å². The Bertz CT molecular complexity index is 446. The van der Waals surface area contributed by atoms with Gasteiger partial charge in [-0.3, -0.25) is 0 Å². The molecule has 1 aliphatic heterocycles. The molecule has 1 aliphatic rings. The summed E-state index contributed by atoms with van der Waals surface area (Å²) in [6, 6.07) is 3.14. The van der Waals surface area contributed by atoms with Crippen LogP contribution in [0.2, 0.25) is 0 Å². The van der Waals surface area contributed by atoms with Crippen molar-refractivity contribution >= 4 is 5.69 Å². The Kier molecular flexibility index (Phi) is 4.40. The third kappa shape index (κ3) is 3.24. The second-order valence-electron chi connectivity index (χ2n) is 5.75. The summed E-state index contributed by atoms with van der Waals surface area (Å²) in [7, 11) is 0. The molecule has 1 N–H and O–H groups in total. The van der Waals surface area contributed by atoms with Crippen molar-refractivity contribution in [3.8, 4) is 0 Å². The van der Waals surface area contributed by atoms with Crippen LogP contribution in [-0.2, 0) is 0 Å². The van der Waals surface area contributed by atoms with Crippen molar-refractivity contribution in [3.63, 3.8) is 0 Å². The Morgan fingerprint density at radius 1 is 1.37 bits per heavy atom. The number of nitrogens with zero attached hydrogens (tertiary/aromatic N) is 1. The molecule has 1 aromatic carbocycles. The summed E-state index contributed by atoms with van der Waals surface area (Å²) >= 11 is 0. The highest BCUT2D eigenvalue weighted by Gasteiger charge is 2.25. The van der Waals surface area contributed by atoms with Crippen LogP contribution in [0, 0.1) is 24.5 Å². The number of aryl methyl sites for hydroxylation is 1. The van der Waals surface area contributed by atoms with Gasteiger partial charge in [0.15, 0.2) is 5.82 Å². The van der Waals surface area contributed by atoms with Gasteiger partial charge in [-0.15, -0.1) is 0 Å². The fraction of sp³-hybridized carbons (Fsp3) is 0.600. The first-order valence-electron chi connectivity index (χ1n) is 6.92. The molecule has 0 spiro atoms. The number of hydrogen-bond acceptors (Lipinski definition) is 2. The lowest BCUT2D eigenvalue weighted by Gasteiger charge is -2.36. The summed E-state index contributed by atoms with van der Waals surface area (Å²) in [4.78, 5) is 1.83. The summed E-state index contributed by atoms with van der Waals surface area (Å²) in [5, 5.41) is 3.42. The molecule has 4 heteroatoms. The highest BCUT2D eigenvalue weighted by Crippen LogP contribution is 2.27. The quantitative estimate of drug-likeness (QED) is 0.906. The van der Waals surface area contributed by atoms with Crippen molar-refractivity contribution < 1.29 is 8.78 Å². The molecule has 19 heavy (non-hydrogen) atoms. The Morgan fingerprint density at radius 3 is 2.79 bits per heavy atom. The third-order valence-electron chi connectivity index (χ3n) is 3.59. The van der Waals surface area contributed by atoms with E-state index in [-0.39, 0.29) is 5.69 Å². The fourth-order valence-corrected chi connectivity index (χ4v) is 2.69.